The van der Waals surface area contributed by atoms with Gasteiger partial charge in [0.25, 0.3) is 0 Å². The van der Waals surface area contributed by atoms with Crippen molar-refractivity contribution in [2.75, 3.05) is 13.6 Å². The summed E-state index contributed by atoms with van der Waals surface area (Å²) in [6.07, 6.45) is 4.14. The van der Waals surface area contributed by atoms with Gasteiger partial charge in [0.15, 0.2) is 0 Å². The van der Waals surface area contributed by atoms with Crippen molar-refractivity contribution in [2.45, 2.75) is 38.8 Å². The van der Waals surface area contributed by atoms with Crippen LogP contribution in [-0.4, -0.2) is 37.5 Å². The number of nitrogens with one attached hydrogen (secondary N) is 3. The van der Waals surface area contributed by atoms with Gasteiger partial charge in [-0.15, -0.1) is 12.4 Å². The van der Waals surface area contributed by atoms with Crippen LogP contribution in [-0.2, 0) is 9.59 Å². The van der Waals surface area contributed by atoms with E-state index in [1.54, 1.807) is 20.9 Å². The third kappa shape index (κ3) is 5.06. The van der Waals surface area contributed by atoms with Crippen LogP contribution in [0.2, 0.25) is 0 Å². The summed E-state index contributed by atoms with van der Waals surface area (Å²) in [7, 11) is 1.55. The Hall–Kier alpha value is -1.07. The highest BCUT2D eigenvalue weighted by molar-refractivity contribution is 5.96. The second kappa shape index (κ2) is 8.11. The molecule has 104 valence electrons. The molecule has 0 aromatic carbocycles. The van der Waals surface area contributed by atoms with Gasteiger partial charge >= 0.3 is 0 Å². The Morgan fingerprint density at radius 3 is 2.61 bits per heavy atom. The average Bonchev–Trinajstić information content (AvgIpc) is 2.80. The largest absolute Gasteiger partial charge is 0.357 e. The van der Waals surface area contributed by atoms with E-state index in [9.17, 15) is 9.59 Å². The van der Waals surface area contributed by atoms with Gasteiger partial charge in [0, 0.05) is 18.7 Å². The number of amides is 2. The molecular weight excluding hydrogens is 254 g/mol. The van der Waals surface area contributed by atoms with Crippen molar-refractivity contribution in [3.8, 4) is 0 Å². The van der Waals surface area contributed by atoms with Gasteiger partial charge in [-0.25, -0.2) is 0 Å². The Balaban J connectivity index is 0.00000289. The molecule has 1 aliphatic heterocycles. The zero-order valence-electron chi connectivity index (χ0n) is 11.1. The first-order valence-electron chi connectivity index (χ1n) is 5.99. The van der Waals surface area contributed by atoms with Crippen molar-refractivity contribution in [1.82, 2.24) is 16.0 Å². The van der Waals surface area contributed by atoms with E-state index < -0.39 is 6.04 Å². The van der Waals surface area contributed by atoms with Gasteiger partial charge in [0.2, 0.25) is 11.8 Å². The van der Waals surface area contributed by atoms with Crippen LogP contribution in [0.1, 0.15) is 26.7 Å². The highest BCUT2D eigenvalue weighted by Crippen LogP contribution is 2.08. The van der Waals surface area contributed by atoms with E-state index in [4.69, 9.17) is 0 Å². The first-order valence-corrected chi connectivity index (χ1v) is 5.99. The summed E-state index contributed by atoms with van der Waals surface area (Å²) in [4.78, 5) is 23.0. The smallest absolute Gasteiger partial charge is 0.247 e. The van der Waals surface area contributed by atoms with Gasteiger partial charge in [-0.1, -0.05) is 6.08 Å². The van der Waals surface area contributed by atoms with Crippen LogP contribution in [0.5, 0.6) is 0 Å². The van der Waals surface area contributed by atoms with Crippen LogP contribution in [0, 0.1) is 0 Å². The van der Waals surface area contributed by atoms with E-state index in [-0.39, 0.29) is 30.3 Å². The molecule has 2 atom stereocenters. The van der Waals surface area contributed by atoms with Gasteiger partial charge in [-0.2, -0.15) is 0 Å². The lowest BCUT2D eigenvalue weighted by atomic mass is 10.1. The third-order valence-electron chi connectivity index (χ3n) is 2.90. The van der Waals surface area contributed by atoms with Crippen molar-refractivity contribution in [3.63, 3.8) is 0 Å². The van der Waals surface area contributed by atoms with Crippen molar-refractivity contribution in [3.05, 3.63) is 11.6 Å². The second-order valence-corrected chi connectivity index (χ2v) is 4.36. The van der Waals surface area contributed by atoms with Gasteiger partial charge in [0.1, 0.15) is 6.04 Å². The molecule has 3 N–H and O–H groups in total. The lowest BCUT2D eigenvalue weighted by molar-refractivity contribution is -0.126. The predicted octanol–water partition coefficient (Wildman–Crippen LogP) is 0.357. The van der Waals surface area contributed by atoms with E-state index in [0.29, 0.717) is 5.57 Å². The summed E-state index contributed by atoms with van der Waals surface area (Å²) in [6, 6.07) is -0.219. The third-order valence-corrected chi connectivity index (χ3v) is 2.90. The molecule has 0 radical (unpaired) electrons. The molecule has 2 amide bonds. The highest BCUT2D eigenvalue weighted by atomic mass is 35.5. The lowest BCUT2D eigenvalue weighted by Gasteiger charge is -2.13. The van der Waals surface area contributed by atoms with Crippen molar-refractivity contribution < 1.29 is 9.59 Å². The molecule has 1 rings (SSSR count). The number of rotatable bonds is 4. The highest BCUT2D eigenvalue weighted by Gasteiger charge is 2.17. The van der Waals surface area contributed by atoms with E-state index in [1.165, 1.54) is 0 Å². The fourth-order valence-electron chi connectivity index (χ4n) is 1.82. The van der Waals surface area contributed by atoms with Crippen molar-refractivity contribution >= 4 is 24.2 Å². The summed E-state index contributed by atoms with van der Waals surface area (Å²) >= 11 is 0. The minimum Gasteiger partial charge on any atom is -0.357 e. The average molecular weight is 276 g/mol. The van der Waals surface area contributed by atoms with E-state index in [2.05, 4.69) is 16.0 Å². The maximum atomic E-state index is 11.8. The van der Waals surface area contributed by atoms with Crippen LogP contribution in [0.25, 0.3) is 0 Å². The molecule has 6 heteroatoms. The molecule has 1 saturated heterocycles. The van der Waals surface area contributed by atoms with Crippen LogP contribution >= 0.6 is 12.4 Å². The molecule has 0 aliphatic carbocycles. The summed E-state index contributed by atoms with van der Waals surface area (Å²) in [5.74, 6) is -0.375. The van der Waals surface area contributed by atoms with E-state index >= 15 is 0 Å². The zero-order valence-corrected chi connectivity index (χ0v) is 11.9. The molecule has 5 nitrogen and oxygen atoms in total. The number of hydrogen-bond donors (Lipinski definition) is 3. The normalized spacial score (nSPS) is 20.8. The SMILES string of the molecule is CNC(=O)[C@H](C)NC(=O)/C(C)=C\[C@@H]1CCCN1.Cl. The molecule has 18 heavy (non-hydrogen) atoms. The number of hydrogen-bond acceptors (Lipinski definition) is 3. The molecule has 0 saturated carbocycles. The molecule has 0 aromatic heterocycles. The Labute approximate surface area is 114 Å². The molecule has 1 fully saturated rings. The molecule has 0 aromatic rings. The monoisotopic (exact) mass is 275 g/mol. The Morgan fingerprint density at radius 2 is 2.11 bits per heavy atom. The Kier molecular flexibility index (Phi) is 7.62. The molecule has 0 bridgehead atoms. The van der Waals surface area contributed by atoms with Crippen LogP contribution < -0.4 is 16.0 Å². The van der Waals surface area contributed by atoms with Gasteiger partial charge in [0.05, 0.1) is 0 Å². The predicted molar refractivity (Wildman–Crippen MR) is 73.7 cm³/mol. The number of likely N-dealkylation sites (N-methyl/N-ethyl adjacent to an activating group) is 1. The van der Waals surface area contributed by atoms with Crippen LogP contribution in [0.4, 0.5) is 0 Å². The maximum absolute atomic E-state index is 11.8. The zero-order chi connectivity index (χ0) is 12.8. The van der Waals surface area contributed by atoms with Gasteiger partial charge in [-0.05, 0) is 33.2 Å². The fourth-order valence-corrected chi connectivity index (χ4v) is 1.82. The molecule has 0 unspecified atom stereocenters. The summed E-state index contributed by atoms with van der Waals surface area (Å²) < 4.78 is 0. The lowest BCUT2D eigenvalue weighted by Crippen LogP contribution is -2.44. The molecule has 1 heterocycles. The fraction of sp³-hybridized carbons (Fsp3) is 0.667. The quantitative estimate of drug-likeness (QED) is 0.649. The van der Waals surface area contributed by atoms with Crippen LogP contribution in [0.15, 0.2) is 11.6 Å². The molecule has 1 aliphatic rings. The second-order valence-electron chi connectivity index (χ2n) is 4.36. The number of carbonyl (C=O) groups excluding carboxylic acids is 2. The summed E-state index contributed by atoms with van der Waals surface area (Å²) in [5.41, 5.74) is 0.653. The maximum Gasteiger partial charge on any atom is 0.247 e. The number of carbonyl (C=O) groups is 2. The standard InChI is InChI=1S/C12H21N3O2.ClH/c1-8(7-10-5-4-6-14-10)11(16)15-9(2)12(17)13-3;/h7,9-10,14H,4-6H2,1-3H3,(H,13,17)(H,15,16);1H/b8-7-;/t9-,10-;/m0./s1. The van der Waals surface area contributed by atoms with Gasteiger partial charge in [-0.3, -0.25) is 9.59 Å². The summed E-state index contributed by atoms with van der Waals surface area (Å²) in [5, 5.41) is 8.45. The molecule has 0 spiro atoms. The minimum absolute atomic E-state index is 0. The van der Waals surface area contributed by atoms with E-state index in [1.807, 2.05) is 6.08 Å². The molecular formula is C12H22ClN3O2. The minimum atomic E-state index is -0.507. The topological polar surface area (TPSA) is 70.2 Å². The van der Waals surface area contributed by atoms with Crippen molar-refractivity contribution in [2.24, 2.45) is 0 Å². The first kappa shape index (κ1) is 16.9. The van der Waals surface area contributed by atoms with Crippen LogP contribution in [0.3, 0.4) is 0 Å². The Morgan fingerprint density at radius 1 is 1.44 bits per heavy atom. The number of halogens is 1. The summed E-state index contributed by atoms with van der Waals surface area (Å²) in [6.45, 7) is 4.44. The first-order chi connectivity index (χ1) is 8.04. The van der Waals surface area contributed by atoms with Crippen molar-refractivity contribution in [1.29, 1.82) is 0 Å². The van der Waals surface area contributed by atoms with Gasteiger partial charge < -0.3 is 16.0 Å². The Bertz CT molecular complexity index is 325. The van der Waals surface area contributed by atoms with E-state index in [0.717, 1.165) is 19.4 Å².